The first-order valence-electron chi connectivity index (χ1n) is 2.99. The maximum Gasteiger partial charge on any atom is 0.133 e. The summed E-state index contributed by atoms with van der Waals surface area (Å²) in [4.78, 5) is 10.3. The normalized spacial score (nSPS) is 11.6. The lowest BCUT2D eigenvalue weighted by Crippen LogP contribution is -2.19. The van der Waals surface area contributed by atoms with E-state index in [0.29, 0.717) is 12.8 Å². The van der Waals surface area contributed by atoms with Crippen LogP contribution in [0.5, 0.6) is 0 Å². The van der Waals surface area contributed by atoms with E-state index in [4.69, 9.17) is 5.11 Å². The smallest absolute Gasteiger partial charge is 0.133 e. The van der Waals surface area contributed by atoms with Gasteiger partial charge < -0.3 is 5.11 Å². The monoisotopic (exact) mass is 129 g/mol. The number of carbonyl (C=O) groups is 1. The Balaban J connectivity index is 3.39. The SMILES string of the molecule is [CH2]C(=O)CCC(C)(C)O. The third-order valence-electron chi connectivity index (χ3n) is 1.02. The fourth-order valence-corrected chi connectivity index (χ4v) is 0.445. The number of Topliss-reactive ketones (excluding diaryl/α,β-unsaturated/α-hetero) is 1. The van der Waals surface area contributed by atoms with Crippen molar-refractivity contribution in [1.29, 1.82) is 0 Å². The summed E-state index contributed by atoms with van der Waals surface area (Å²) in [5.41, 5.74) is -0.729. The van der Waals surface area contributed by atoms with Crippen molar-refractivity contribution in [3.63, 3.8) is 0 Å². The standard InChI is InChI=1S/C7H13O2/c1-6(8)4-5-7(2,3)9/h9H,1,4-5H2,2-3H3. The molecule has 0 aromatic rings. The highest BCUT2D eigenvalue weighted by atomic mass is 16.3. The van der Waals surface area contributed by atoms with E-state index >= 15 is 0 Å². The highest BCUT2D eigenvalue weighted by molar-refractivity contribution is 5.82. The summed E-state index contributed by atoms with van der Waals surface area (Å²) in [6.07, 6.45) is 0.860. The molecule has 0 aliphatic carbocycles. The summed E-state index contributed by atoms with van der Waals surface area (Å²) < 4.78 is 0. The molecular formula is C7H13O2. The molecule has 0 amide bonds. The Morgan fingerprint density at radius 2 is 2.11 bits per heavy atom. The number of rotatable bonds is 3. The zero-order chi connectivity index (χ0) is 7.49. The predicted octanol–water partition coefficient (Wildman–Crippen LogP) is 0.941. The van der Waals surface area contributed by atoms with Crippen LogP contribution in [0.2, 0.25) is 0 Å². The highest BCUT2D eigenvalue weighted by Crippen LogP contribution is 2.09. The number of hydrogen-bond acceptors (Lipinski definition) is 2. The van der Waals surface area contributed by atoms with Gasteiger partial charge in [-0.1, -0.05) is 0 Å². The third kappa shape index (κ3) is 7.63. The average Bonchev–Trinajstić information content (AvgIpc) is 1.59. The van der Waals surface area contributed by atoms with Gasteiger partial charge in [-0.05, 0) is 20.3 Å². The Morgan fingerprint density at radius 1 is 1.67 bits per heavy atom. The first-order valence-corrected chi connectivity index (χ1v) is 2.99. The summed E-state index contributed by atoms with van der Waals surface area (Å²) in [6.45, 7) is 6.54. The minimum Gasteiger partial charge on any atom is -0.390 e. The fourth-order valence-electron chi connectivity index (χ4n) is 0.445. The number of carbonyl (C=O) groups excluding carboxylic acids is 1. The minimum atomic E-state index is -0.729. The topological polar surface area (TPSA) is 37.3 Å². The molecule has 2 nitrogen and oxygen atoms in total. The molecule has 0 heterocycles. The van der Waals surface area contributed by atoms with E-state index in [9.17, 15) is 4.79 Å². The fraction of sp³-hybridized carbons (Fsp3) is 0.714. The molecule has 0 aromatic carbocycles. The molecule has 0 saturated heterocycles. The van der Waals surface area contributed by atoms with Crippen molar-refractivity contribution >= 4 is 5.78 Å². The second-order valence-corrected chi connectivity index (χ2v) is 2.85. The summed E-state index contributed by atoms with van der Waals surface area (Å²) in [5.74, 6) is -0.114. The van der Waals surface area contributed by atoms with Gasteiger partial charge >= 0.3 is 0 Å². The molecule has 1 radical (unpaired) electrons. The lowest BCUT2D eigenvalue weighted by molar-refractivity contribution is -0.115. The molecule has 9 heavy (non-hydrogen) atoms. The molecule has 0 bridgehead atoms. The van der Waals surface area contributed by atoms with E-state index in [-0.39, 0.29) is 5.78 Å². The van der Waals surface area contributed by atoms with Crippen molar-refractivity contribution in [2.45, 2.75) is 32.3 Å². The van der Waals surface area contributed by atoms with Crippen LogP contribution in [0.3, 0.4) is 0 Å². The van der Waals surface area contributed by atoms with Gasteiger partial charge in [-0.2, -0.15) is 0 Å². The van der Waals surface area contributed by atoms with Crippen molar-refractivity contribution in [2.24, 2.45) is 0 Å². The van der Waals surface area contributed by atoms with Gasteiger partial charge in [-0.25, -0.2) is 0 Å². The Morgan fingerprint density at radius 3 is 2.22 bits per heavy atom. The molecular weight excluding hydrogens is 116 g/mol. The van der Waals surface area contributed by atoms with E-state index in [1.54, 1.807) is 13.8 Å². The summed E-state index contributed by atoms with van der Waals surface area (Å²) in [5, 5.41) is 9.09. The first kappa shape index (κ1) is 8.63. The van der Waals surface area contributed by atoms with Gasteiger partial charge in [0.25, 0.3) is 0 Å². The molecule has 0 spiro atoms. The Hall–Kier alpha value is -0.370. The van der Waals surface area contributed by atoms with Gasteiger partial charge in [0.15, 0.2) is 0 Å². The number of ketones is 1. The van der Waals surface area contributed by atoms with Crippen molar-refractivity contribution in [3.05, 3.63) is 6.92 Å². The van der Waals surface area contributed by atoms with Crippen molar-refractivity contribution in [3.8, 4) is 0 Å². The van der Waals surface area contributed by atoms with Crippen molar-refractivity contribution in [1.82, 2.24) is 0 Å². The van der Waals surface area contributed by atoms with Crippen LogP contribution < -0.4 is 0 Å². The van der Waals surface area contributed by atoms with Crippen LogP contribution in [0.4, 0.5) is 0 Å². The summed E-state index contributed by atoms with van der Waals surface area (Å²) >= 11 is 0. The molecule has 0 aliphatic heterocycles. The zero-order valence-electron chi connectivity index (χ0n) is 5.98. The molecule has 0 aromatic heterocycles. The van der Waals surface area contributed by atoms with Crippen LogP contribution in [0, 0.1) is 6.92 Å². The first-order chi connectivity index (χ1) is 3.92. The maximum atomic E-state index is 10.3. The molecule has 2 heteroatoms. The molecule has 0 aliphatic rings. The van der Waals surface area contributed by atoms with Gasteiger partial charge in [-0.15, -0.1) is 0 Å². The van der Waals surface area contributed by atoms with Crippen molar-refractivity contribution in [2.75, 3.05) is 0 Å². The van der Waals surface area contributed by atoms with Gasteiger partial charge in [-0.3, -0.25) is 4.79 Å². The van der Waals surface area contributed by atoms with E-state index < -0.39 is 5.60 Å². The van der Waals surface area contributed by atoms with Gasteiger partial charge in [0, 0.05) is 13.3 Å². The van der Waals surface area contributed by atoms with Crippen LogP contribution in [0.1, 0.15) is 26.7 Å². The third-order valence-corrected chi connectivity index (χ3v) is 1.02. The van der Waals surface area contributed by atoms with E-state index in [1.165, 1.54) is 0 Å². The molecule has 53 valence electrons. The van der Waals surface area contributed by atoms with Gasteiger partial charge in [0.2, 0.25) is 0 Å². The van der Waals surface area contributed by atoms with Crippen LogP contribution in [0.25, 0.3) is 0 Å². The van der Waals surface area contributed by atoms with Crippen LogP contribution in [0.15, 0.2) is 0 Å². The summed E-state index contributed by atoms with van der Waals surface area (Å²) in [6, 6.07) is 0. The largest absolute Gasteiger partial charge is 0.390 e. The molecule has 0 atom stereocenters. The van der Waals surface area contributed by atoms with E-state index in [1.807, 2.05) is 0 Å². The Labute approximate surface area is 55.9 Å². The quantitative estimate of drug-likeness (QED) is 0.615. The second-order valence-electron chi connectivity index (χ2n) is 2.85. The molecule has 0 fully saturated rings. The molecule has 0 rings (SSSR count). The second kappa shape index (κ2) is 2.97. The lowest BCUT2D eigenvalue weighted by atomic mass is 10.0. The van der Waals surface area contributed by atoms with E-state index in [0.717, 1.165) is 0 Å². The number of hydrogen-bond donors (Lipinski definition) is 1. The Bertz CT molecular complexity index is 100.0. The van der Waals surface area contributed by atoms with Crippen LogP contribution >= 0.6 is 0 Å². The number of aliphatic hydroxyl groups is 1. The zero-order valence-corrected chi connectivity index (χ0v) is 5.98. The lowest BCUT2D eigenvalue weighted by Gasteiger charge is -2.14. The molecule has 0 saturated carbocycles. The Kier molecular flexibility index (Phi) is 2.85. The van der Waals surface area contributed by atoms with Crippen molar-refractivity contribution < 1.29 is 9.90 Å². The van der Waals surface area contributed by atoms with E-state index in [2.05, 4.69) is 6.92 Å². The molecule has 1 N–H and O–H groups in total. The maximum absolute atomic E-state index is 10.3. The van der Waals surface area contributed by atoms with Crippen LogP contribution in [-0.4, -0.2) is 16.5 Å². The van der Waals surface area contributed by atoms with Gasteiger partial charge in [0.1, 0.15) is 5.78 Å². The highest BCUT2D eigenvalue weighted by Gasteiger charge is 2.12. The average molecular weight is 129 g/mol. The molecule has 0 unspecified atom stereocenters. The van der Waals surface area contributed by atoms with Gasteiger partial charge in [0.05, 0.1) is 5.60 Å². The predicted molar refractivity (Wildman–Crippen MR) is 35.9 cm³/mol. The minimum absolute atomic E-state index is 0.114. The van der Waals surface area contributed by atoms with Crippen LogP contribution in [-0.2, 0) is 4.79 Å². The summed E-state index contributed by atoms with van der Waals surface area (Å²) in [7, 11) is 0.